The lowest BCUT2D eigenvalue weighted by Gasteiger charge is -2.11. The van der Waals surface area contributed by atoms with E-state index in [1.807, 2.05) is 0 Å². The maximum absolute atomic E-state index is 8.83. The molecule has 1 nitrogen and oxygen atoms in total. The van der Waals surface area contributed by atoms with Crippen molar-refractivity contribution in [1.29, 1.82) is 0 Å². The van der Waals surface area contributed by atoms with Crippen LogP contribution in [0.15, 0.2) is 11.8 Å². The average Bonchev–Trinajstić information content (AvgIpc) is 1.84. The minimum Gasteiger partial charge on any atom is -0.399 e. The molecule has 2 heteroatoms. The summed E-state index contributed by atoms with van der Waals surface area (Å²) in [5.74, 6) is 0. The average molecular weight is 144 g/mol. The molecule has 0 saturated carbocycles. The van der Waals surface area contributed by atoms with E-state index >= 15 is 0 Å². The summed E-state index contributed by atoms with van der Waals surface area (Å²) in [4.78, 5) is 0. The number of allylic oxidation sites excluding steroid dienone is 1. The molecule has 0 saturated heterocycles. The minimum absolute atomic E-state index is 0.365. The SMILES string of the molecule is CC/C=C/[Si](C)(C)CO. The first-order valence-corrected chi connectivity index (χ1v) is 6.69. The predicted octanol–water partition coefficient (Wildman–Crippen LogP) is 1.73. The van der Waals surface area contributed by atoms with E-state index in [2.05, 4.69) is 31.8 Å². The van der Waals surface area contributed by atoms with Gasteiger partial charge in [0.2, 0.25) is 0 Å². The lowest BCUT2D eigenvalue weighted by atomic mass is 10.5. The quantitative estimate of drug-likeness (QED) is 0.598. The van der Waals surface area contributed by atoms with E-state index in [1.54, 1.807) is 0 Å². The van der Waals surface area contributed by atoms with Gasteiger partial charge in [-0.25, -0.2) is 0 Å². The third kappa shape index (κ3) is 4.42. The molecule has 0 aliphatic rings. The van der Waals surface area contributed by atoms with Crippen molar-refractivity contribution in [2.24, 2.45) is 0 Å². The molecule has 0 fully saturated rings. The molecule has 0 bridgehead atoms. The van der Waals surface area contributed by atoms with Gasteiger partial charge in [-0.2, -0.15) is 0 Å². The fourth-order valence-electron chi connectivity index (χ4n) is 0.490. The van der Waals surface area contributed by atoms with Crippen molar-refractivity contribution in [1.82, 2.24) is 0 Å². The molecule has 0 aliphatic carbocycles. The van der Waals surface area contributed by atoms with Crippen LogP contribution in [0.3, 0.4) is 0 Å². The van der Waals surface area contributed by atoms with Crippen LogP contribution in [-0.4, -0.2) is 19.4 Å². The van der Waals surface area contributed by atoms with Gasteiger partial charge in [-0.1, -0.05) is 31.8 Å². The molecule has 1 N–H and O–H groups in total. The Morgan fingerprint density at radius 1 is 1.44 bits per heavy atom. The van der Waals surface area contributed by atoms with Crippen LogP contribution in [0.4, 0.5) is 0 Å². The lowest BCUT2D eigenvalue weighted by Crippen LogP contribution is -2.28. The van der Waals surface area contributed by atoms with Gasteiger partial charge in [0.15, 0.2) is 0 Å². The molecule has 0 unspecified atom stereocenters. The fourth-order valence-corrected chi connectivity index (χ4v) is 1.47. The highest BCUT2D eigenvalue weighted by atomic mass is 28.3. The molecule has 54 valence electrons. The van der Waals surface area contributed by atoms with Crippen molar-refractivity contribution in [3.05, 3.63) is 11.8 Å². The standard InChI is InChI=1S/C7H16OSi/c1-4-5-6-9(2,3)7-8/h5-6,8H,4,7H2,1-3H3/b6-5+. The Morgan fingerprint density at radius 2 is 2.00 bits per heavy atom. The summed E-state index contributed by atoms with van der Waals surface area (Å²) in [7, 11) is -1.32. The first-order chi connectivity index (χ1) is 4.12. The topological polar surface area (TPSA) is 20.2 Å². The smallest absolute Gasteiger partial charge is 0.1000 e. The maximum atomic E-state index is 8.83. The zero-order chi connectivity index (χ0) is 7.33. The van der Waals surface area contributed by atoms with Crippen LogP contribution in [-0.2, 0) is 0 Å². The Labute approximate surface area is 58.4 Å². The minimum atomic E-state index is -1.32. The molecule has 0 spiro atoms. The van der Waals surface area contributed by atoms with Crippen LogP contribution in [0.25, 0.3) is 0 Å². The molecule has 0 atom stereocenters. The number of hydrogen-bond donors (Lipinski definition) is 1. The summed E-state index contributed by atoms with van der Waals surface area (Å²) in [6, 6.07) is 0. The Bertz CT molecular complexity index is 97.1. The lowest BCUT2D eigenvalue weighted by molar-refractivity contribution is 0.360. The summed E-state index contributed by atoms with van der Waals surface area (Å²) in [6.45, 7) is 6.41. The van der Waals surface area contributed by atoms with E-state index in [0.717, 1.165) is 6.42 Å². The van der Waals surface area contributed by atoms with Crippen LogP contribution in [0, 0.1) is 0 Å². The van der Waals surface area contributed by atoms with Gasteiger partial charge in [0.25, 0.3) is 0 Å². The fraction of sp³-hybridized carbons (Fsp3) is 0.714. The van der Waals surface area contributed by atoms with Crippen molar-refractivity contribution in [3.8, 4) is 0 Å². The van der Waals surface area contributed by atoms with Crippen LogP contribution >= 0.6 is 0 Å². The van der Waals surface area contributed by atoms with E-state index in [4.69, 9.17) is 5.11 Å². The van der Waals surface area contributed by atoms with E-state index in [1.165, 1.54) is 0 Å². The van der Waals surface area contributed by atoms with Crippen LogP contribution < -0.4 is 0 Å². The van der Waals surface area contributed by atoms with Gasteiger partial charge < -0.3 is 5.11 Å². The van der Waals surface area contributed by atoms with E-state index in [0.29, 0.717) is 6.23 Å². The highest BCUT2D eigenvalue weighted by molar-refractivity contribution is 6.82. The zero-order valence-corrected chi connectivity index (χ0v) is 7.52. The van der Waals surface area contributed by atoms with Gasteiger partial charge in [0.05, 0.1) is 8.07 Å². The Balaban J connectivity index is 3.70. The van der Waals surface area contributed by atoms with Crippen molar-refractivity contribution >= 4 is 8.07 Å². The largest absolute Gasteiger partial charge is 0.399 e. The van der Waals surface area contributed by atoms with Gasteiger partial charge in [-0.05, 0) is 6.42 Å². The van der Waals surface area contributed by atoms with Crippen molar-refractivity contribution in [2.75, 3.05) is 6.23 Å². The summed E-state index contributed by atoms with van der Waals surface area (Å²) >= 11 is 0. The third-order valence-electron chi connectivity index (χ3n) is 1.21. The molecule has 9 heavy (non-hydrogen) atoms. The molecule has 0 radical (unpaired) electrons. The van der Waals surface area contributed by atoms with Crippen LogP contribution in [0.5, 0.6) is 0 Å². The van der Waals surface area contributed by atoms with E-state index < -0.39 is 8.07 Å². The molecule has 0 amide bonds. The summed E-state index contributed by atoms with van der Waals surface area (Å²) < 4.78 is 0. The monoisotopic (exact) mass is 144 g/mol. The molecule has 0 aromatic carbocycles. The Kier molecular flexibility index (Phi) is 3.82. The summed E-state index contributed by atoms with van der Waals surface area (Å²) in [5.41, 5.74) is 2.19. The highest BCUT2D eigenvalue weighted by Crippen LogP contribution is 2.01. The molecular weight excluding hydrogens is 128 g/mol. The highest BCUT2D eigenvalue weighted by Gasteiger charge is 2.13. The van der Waals surface area contributed by atoms with Crippen molar-refractivity contribution in [2.45, 2.75) is 26.4 Å². The summed E-state index contributed by atoms with van der Waals surface area (Å²) in [6.07, 6.45) is 3.59. The molecule has 0 aromatic rings. The van der Waals surface area contributed by atoms with Crippen molar-refractivity contribution < 1.29 is 5.11 Å². The predicted molar refractivity (Wildman–Crippen MR) is 44.0 cm³/mol. The number of aliphatic hydroxyl groups excluding tert-OH is 1. The second-order valence-corrected chi connectivity index (χ2v) is 7.58. The van der Waals surface area contributed by atoms with Gasteiger partial charge >= 0.3 is 0 Å². The van der Waals surface area contributed by atoms with Crippen molar-refractivity contribution in [3.63, 3.8) is 0 Å². The number of rotatable bonds is 3. The normalized spacial score (nSPS) is 12.9. The van der Waals surface area contributed by atoms with Crippen LogP contribution in [0.2, 0.25) is 13.1 Å². The first kappa shape index (κ1) is 8.92. The van der Waals surface area contributed by atoms with E-state index in [-0.39, 0.29) is 0 Å². The van der Waals surface area contributed by atoms with Gasteiger partial charge in [0.1, 0.15) is 0 Å². The Hall–Kier alpha value is -0.0831. The second-order valence-electron chi connectivity index (χ2n) is 2.96. The van der Waals surface area contributed by atoms with Gasteiger partial charge in [0, 0.05) is 6.23 Å². The van der Waals surface area contributed by atoms with Gasteiger partial charge in [-0.15, -0.1) is 0 Å². The number of hydrogen-bond acceptors (Lipinski definition) is 1. The molecule has 0 rings (SSSR count). The second kappa shape index (κ2) is 3.85. The maximum Gasteiger partial charge on any atom is 0.1000 e. The molecular formula is C7H16OSi. The molecule has 0 aliphatic heterocycles. The Morgan fingerprint density at radius 3 is 2.33 bits per heavy atom. The van der Waals surface area contributed by atoms with E-state index in [9.17, 15) is 0 Å². The third-order valence-corrected chi connectivity index (χ3v) is 3.17. The van der Waals surface area contributed by atoms with Crippen LogP contribution in [0.1, 0.15) is 13.3 Å². The molecule has 0 aromatic heterocycles. The first-order valence-electron chi connectivity index (χ1n) is 3.41. The zero-order valence-electron chi connectivity index (χ0n) is 6.52. The summed E-state index contributed by atoms with van der Waals surface area (Å²) in [5, 5.41) is 8.83. The molecule has 0 heterocycles. The van der Waals surface area contributed by atoms with Gasteiger partial charge in [-0.3, -0.25) is 0 Å². The number of aliphatic hydroxyl groups is 1.